The first kappa shape index (κ1) is 25.1. The molecule has 0 saturated carbocycles. The summed E-state index contributed by atoms with van der Waals surface area (Å²) in [4.78, 5) is 4.62. The Bertz CT molecular complexity index is 1270. The summed E-state index contributed by atoms with van der Waals surface area (Å²) in [5, 5.41) is 16.1. The highest BCUT2D eigenvalue weighted by Gasteiger charge is 2.19. The zero-order valence-corrected chi connectivity index (χ0v) is 21.7. The molecule has 36 heavy (non-hydrogen) atoms. The molecule has 3 aromatic carbocycles. The smallest absolute Gasteiger partial charge is 0.169 e. The molecule has 0 aliphatic heterocycles. The molecule has 0 aliphatic carbocycles. The van der Waals surface area contributed by atoms with Gasteiger partial charge in [-0.1, -0.05) is 48.5 Å². The second kappa shape index (κ2) is 11.6. The molecule has 0 aliphatic rings. The minimum atomic E-state index is 0.172. The predicted octanol–water partition coefficient (Wildman–Crippen LogP) is 7.11. The van der Waals surface area contributed by atoms with Crippen LogP contribution in [0.2, 0.25) is 0 Å². The quantitative estimate of drug-likeness (QED) is 0.263. The topological polar surface area (TPSA) is 44.5 Å². The third-order valence-electron chi connectivity index (χ3n) is 6.61. The van der Waals surface area contributed by atoms with Crippen LogP contribution in [0.5, 0.6) is 5.75 Å². The first-order valence-electron chi connectivity index (χ1n) is 12.8. The lowest BCUT2D eigenvalue weighted by molar-refractivity contribution is 0.476. The second-order valence-corrected chi connectivity index (χ2v) is 8.65. The number of aromatic nitrogens is 2. The summed E-state index contributed by atoms with van der Waals surface area (Å²) in [5.74, 6) is 0.172. The predicted molar refractivity (Wildman–Crippen MR) is 153 cm³/mol. The number of hydrogen-bond donors (Lipinski definition) is 1. The van der Waals surface area contributed by atoms with E-state index in [-0.39, 0.29) is 5.75 Å². The zero-order valence-electron chi connectivity index (χ0n) is 21.7. The van der Waals surface area contributed by atoms with E-state index in [9.17, 15) is 5.11 Å². The molecule has 0 unspecified atom stereocenters. The van der Waals surface area contributed by atoms with Crippen molar-refractivity contribution < 1.29 is 5.11 Å². The normalized spacial score (nSPS) is 11.2. The van der Waals surface area contributed by atoms with Crippen LogP contribution < -0.4 is 9.80 Å². The third-order valence-corrected chi connectivity index (χ3v) is 6.61. The highest BCUT2D eigenvalue weighted by Crippen LogP contribution is 2.36. The molecule has 1 heterocycles. The van der Waals surface area contributed by atoms with Gasteiger partial charge < -0.3 is 14.9 Å². The maximum absolute atomic E-state index is 11.3. The molecule has 0 fully saturated rings. The first-order valence-corrected chi connectivity index (χ1v) is 12.8. The standard InChI is InChI=1S/C31H36N4O/c1-5-33(6-2)26-19-14-24(15-20-26)16-23-29-31(36)30(35(32-29)28-12-10-9-11-13-28)25-17-21-27(22-18-25)34(7-3)8-4/h9-23,36H,5-8H2,1-4H3. The molecule has 4 rings (SSSR count). The molecule has 186 valence electrons. The van der Waals surface area contributed by atoms with Crippen LogP contribution in [0.25, 0.3) is 29.1 Å². The van der Waals surface area contributed by atoms with Gasteiger partial charge in [-0.3, -0.25) is 0 Å². The van der Waals surface area contributed by atoms with Crippen molar-refractivity contribution in [3.63, 3.8) is 0 Å². The molecular formula is C31H36N4O. The van der Waals surface area contributed by atoms with E-state index >= 15 is 0 Å². The van der Waals surface area contributed by atoms with Gasteiger partial charge in [-0.05, 0) is 75.7 Å². The lowest BCUT2D eigenvalue weighted by Gasteiger charge is -2.21. The van der Waals surface area contributed by atoms with Crippen LogP contribution in [-0.2, 0) is 0 Å². The summed E-state index contributed by atoms with van der Waals surface area (Å²) < 4.78 is 1.82. The van der Waals surface area contributed by atoms with Gasteiger partial charge in [-0.15, -0.1) is 0 Å². The summed E-state index contributed by atoms with van der Waals surface area (Å²) in [6, 6.07) is 26.7. The maximum Gasteiger partial charge on any atom is 0.169 e. The Labute approximate surface area is 214 Å². The van der Waals surface area contributed by atoms with Crippen LogP contribution in [0.4, 0.5) is 11.4 Å². The van der Waals surface area contributed by atoms with Crippen LogP contribution in [0.1, 0.15) is 39.0 Å². The summed E-state index contributed by atoms with van der Waals surface area (Å²) >= 11 is 0. The van der Waals surface area contributed by atoms with Gasteiger partial charge in [0.1, 0.15) is 11.4 Å². The number of benzene rings is 3. The largest absolute Gasteiger partial charge is 0.504 e. The SMILES string of the molecule is CCN(CC)c1ccc(C=Cc2nn(-c3ccccc3)c(-c3ccc(N(CC)CC)cc3)c2O)cc1. The van der Waals surface area contributed by atoms with Gasteiger partial charge in [0.05, 0.1) is 5.69 Å². The lowest BCUT2D eigenvalue weighted by Crippen LogP contribution is -2.21. The lowest BCUT2D eigenvalue weighted by atomic mass is 10.1. The summed E-state index contributed by atoms with van der Waals surface area (Å²) in [5.41, 5.74) is 6.48. The fraction of sp³-hybridized carbons (Fsp3) is 0.258. The van der Waals surface area contributed by atoms with E-state index in [4.69, 9.17) is 5.10 Å². The molecule has 0 saturated heterocycles. The number of rotatable bonds is 10. The van der Waals surface area contributed by atoms with E-state index in [2.05, 4.69) is 86.0 Å². The molecule has 0 atom stereocenters. The van der Waals surface area contributed by atoms with Gasteiger partial charge in [-0.2, -0.15) is 5.10 Å². The van der Waals surface area contributed by atoms with Crippen LogP contribution in [0.3, 0.4) is 0 Å². The average molecular weight is 481 g/mol. The van der Waals surface area contributed by atoms with Crippen molar-refractivity contribution in [3.8, 4) is 22.7 Å². The van der Waals surface area contributed by atoms with Gasteiger partial charge >= 0.3 is 0 Å². The van der Waals surface area contributed by atoms with Gasteiger partial charge in [0.15, 0.2) is 5.75 Å². The van der Waals surface area contributed by atoms with Crippen molar-refractivity contribution in [2.75, 3.05) is 36.0 Å². The molecule has 4 aromatic rings. The van der Waals surface area contributed by atoms with Crippen molar-refractivity contribution in [1.29, 1.82) is 0 Å². The van der Waals surface area contributed by atoms with Gasteiger partial charge in [0, 0.05) is 43.1 Å². The molecule has 0 spiro atoms. The molecular weight excluding hydrogens is 444 g/mol. The Kier molecular flexibility index (Phi) is 8.11. The minimum absolute atomic E-state index is 0.172. The fourth-order valence-electron chi connectivity index (χ4n) is 4.53. The van der Waals surface area contributed by atoms with E-state index in [0.29, 0.717) is 11.4 Å². The Morgan fingerprint density at radius 3 is 1.75 bits per heavy atom. The monoisotopic (exact) mass is 480 g/mol. The number of aromatic hydroxyl groups is 1. The van der Waals surface area contributed by atoms with E-state index in [1.54, 1.807) is 0 Å². The van der Waals surface area contributed by atoms with E-state index in [1.807, 2.05) is 47.2 Å². The molecule has 0 radical (unpaired) electrons. The summed E-state index contributed by atoms with van der Waals surface area (Å²) in [7, 11) is 0. The van der Waals surface area contributed by atoms with Crippen LogP contribution in [0, 0.1) is 0 Å². The zero-order chi connectivity index (χ0) is 25.5. The third kappa shape index (κ3) is 5.30. The molecule has 5 heteroatoms. The van der Waals surface area contributed by atoms with Crippen LogP contribution in [0.15, 0.2) is 78.9 Å². The van der Waals surface area contributed by atoms with Crippen molar-refractivity contribution in [2.45, 2.75) is 27.7 Å². The second-order valence-electron chi connectivity index (χ2n) is 8.65. The van der Waals surface area contributed by atoms with Crippen molar-refractivity contribution in [2.24, 2.45) is 0 Å². The van der Waals surface area contributed by atoms with Crippen LogP contribution in [-0.4, -0.2) is 41.1 Å². The maximum atomic E-state index is 11.3. The Balaban J connectivity index is 1.70. The summed E-state index contributed by atoms with van der Waals surface area (Å²) in [6.45, 7) is 12.5. The number of hydrogen-bond acceptors (Lipinski definition) is 4. The van der Waals surface area contributed by atoms with Crippen molar-refractivity contribution in [1.82, 2.24) is 9.78 Å². The van der Waals surface area contributed by atoms with E-state index in [1.165, 1.54) is 11.4 Å². The molecule has 5 nitrogen and oxygen atoms in total. The van der Waals surface area contributed by atoms with Crippen molar-refractivity contribution >= 4 is 23.5 Å². The first-order chi connectivity index (χ1) is 17.6. The fourth-order valence-corrected chi connectivity index (χ4v) is 4.53. The van der Waals surface area contributed by atoms with Gasteiger partial charge in [-0.25, -0.2) is 4.68 Å². The van der Waals surface area contributed by atoms with Crippen LogP contribution >= 0.6 is 0 Å². The molecule has 1 N–H and O–H groups in total. The van der Waals surface area contributed by atoms with E-state index in [0.717, 1.165) is 43.0 Å². The Hall–Kier alpha value is -3.99. The van der Waals surface area contributed by atoms with Gasteiger partial charge in [0.2, 0.25) is 0 Å². The summed E-state index contributed by atoms with van der Waals surface area (Å²) in [6.07, 6.45) is 3.88. The minimum Gasteiger partial charge on any atom is -0.504 e. The number of nitrogens with zero attached hydrogens (tertiary/aromatic N) is 4. The highest BCUT2D eigenvalue weighted by atomic mass is 16.3. The Morgan fingerprint density at radius 2 is 1.22 bits per heavy atom. The highest BCUT2D eigenvalue weighted by molar-refractivity contribution is 5.79. The van der Waals surface area contributed by atoms with E-state index < -0.39 is 0 Å². The average Bonchev–Trinajstić information content (AvgIpc) is 3.26. The number of anilines is 2. The molecule has 0 bridgehead atoms. The van der Waals surface area contributed by atoms with Crippen molar-refractivity contribution in [3.05, 3.63) is 90.1 Å². The van der Waals surface area contributed by atoms with Gasteiger partial charge in [0.25, 0.3) is 0 Å². The molecule has 1 aromatic heterocycles. The Morgan fingerprint density at radius 1 is 0.694 bits per heavy atom. The molecule has 0 amide bonds. The number of para-hydroxylation sites is 1.